The summed E-state index contributed by atoms with van der Waals surface area (Å²) in [5.74, 6) is 0. The highest BCUT2D eigenvalue weighted by molar-refractivity contribution is 6.43. The van der Waals surface area contributed by atoms with Crippen LogP contribution in [0.3, 0.4) is 0 Å². The lowest BCUT2D eigenvalue weighted by Gasteiger charge is -2.14. The second-order valence-corrected chi connectivity index (χ2v) is 6.62. The fourth-order valence-corrected chi connectivity index (χ4v) is 3.34. The van der Waals surface area contributed by atoms with Gasteiger partial charge < -0.3 is 4.57 Å². The fourth-order valence-electron chi connectivity index (χ4n) is 2.96. The van der Waals surface area contributed by atoms with E-state index in [1.54, 1.807) is 11.6 Å². The fraction of sp³-hybridized carbons (Fsp3) is 0.118. The molecule has 0 aliphatic rings. The van der Waals surface area contributed by atoms with E-state index in [-0.39, 0.29) is 26.9 Å². The van der Waals surface area contributed by atoms with Crippen molar-refractivity contribution in [2.75, 3.05) is 0 Å². The maximum atomic E-state index is 13.2. The first-order chi connectivity index (χ1) is 12.7. The van der Waals surface area contributed by atoms with E-state index < -0.39 is 17.4 Å². The average Bonchev–Trinajstić information content (AvgIpc) is 3.00. The van der Waals surface area contributed by atoms with Crippen molar-refractivity contribution in [1.29, 1.82) is 0 Å². The number of nitrogens with zero attached hydrogens (tertiary/aromatic N) is 4. The van der Waals surface area contributed by atoms with Crippen LogP contribution < -0.4 is 5.56 Å². The van der Waals surface area contributed by atoms with Crippen LogP contribution in [0, 0.1) is 0 Å². The molecule has 0 aliphatic carbocycles. The molecular weight excluding hydrogens is 404 g/mol. The zero-order chi connectivity index (χ0) is 19.5. The smallest absolute Gasteiger partial charge is 0.333 e. The molecule has 0 unspecified atom stereocenters. The highest BCUT2D eigenvalue weighted by Crippen LogP contribution is 2.33. The van der Waals surface area contributed by atoms with Gasteiger partial charge >= 0.3 is 6.18 Å². The van der Waals surface area contributed by atoms with Crippen molar-refractivity contribution in [3.8, 4) is 5.69 Å². The van der Waals surface area contributed by atoms with Gasteiger partial charge in [0, 0.05) is 12.4 Å². The quantitative estimate of drug-likeness (QED) is 0.459. The van der Waals surface area contributed by atoms with Gasteiger partial charge in [-0.2, -0.15) is 13.2 Å². The molecule has 5 nitrogen and oxygen atoms in total. The Labute approximate surface area is 159 Å². The van der Waals surface area contributed by atoms with Crippen LogP contribution in [-0.4, -0.2) is 19.1 Å². The molecule has 1 aromatic carbocycles. The Morgan fingerprint density at radius 2 is 1.85 bits per heavy atom. The van der Waals surface area contributed by atoms with E-state index in [0.29, 0.717) is 10.9 Å². The predicted molar refractivity (Wildman–Crippen MR) is 96.6 cm³/mol. The summed E-state index contributed by atoms with van der Waals surface area (Å²) in [6.45, 7) is 0. The van der Waals surface area contributed by atoms with E-state index in [2.05, 4.69) is 9.97 Å². The molecule has 0 atom stereocenters. The minimum absolute atomic E-state index is 0.0251. The minimum Gasteiger partial charge on any atom is -0.333 e. The third kappa shape index (κ3) is 2.67. The van der Waals surface area contributed by atoms with Gasteiger partial charge in [-0.1, -0.05) is 29.3 Å². The number of benzene rings is 1. The first-order valence-electron chi connectivity index (χ1n) is 7.58. The van der Waals surface area contributed by atoms with E-state index >= 15 is 0 Å². The Morgan fingerprint density at radius 3 is 2.56 bits per heavy atom. The summed E-state index contributed by atoms with van der Waals surface area (Å²) < 4.78 is 42.2. The van der Waals surface area contributed by atoms with Crippen molar-refractivity contribution in [2.24, 2.45) is 7.05 Å². The van der Waals surface area contributed by atoms with Crippen LogP contribution >= 0.6 is 23.2 Å². The van der Waals surface area contributed by atoms with Crippen molar-refractivity contribution >= 4 is 45.3 Å². The zero-order valence-electron chi connectivity index (χ0n) is 13.6. The Bertz CT molecular complexity index is 1280. The van der Waals surface area contributed by atoms with E-state index in [0.717, 1.165) is 10.6 Å². The third-order valence-electron chi connectivity index (χ3n) is 4.15. The van der Waals surface area contributed by atoms with Gasteiger partial charge in [-0.05, 0) is 24.3 Å². The summed E-state index contributed by atoms with van der Waals surface area (Å²) in [5.41, 5.74) is -1.36. The number of halogens is 5. The third-order valence-corrected chi connectivity index (χ3v) is 4.96. The van der Waals surface area contributed by atoms with E-state index in [4.69, 9.17) is 23.2 Å². The molecule has 0 bridgehead atoms. The van der Waals surface area contributed by atoms with Crippen LogP contribution in [0.2, 0.25) is 10.0 Å². The normalized spacial score (nSPS) is 12.2. The van der Waals surface area contributed by atoms with Crippen molar-refractivity contribution in [3.05, 3.63) is 62.8 Å². The summed E-state index contributed by atoms with van der Waals surface area (Å²) in [6, 6.07) is 6.66. The molecule has 4 rings (SSSR count). The van der Waals surface area contributed by atoms with E-state index in [1.165, 1.54) is 30.6 Å². The molecule has 0 saturated carbocycles. The van der Waals surface area contributed by atoms with Gasteiger partial charge in [-0.3, -0.25) is 9.36 Å². The maximum absolute atomic E-state index is 13.2. The van der Waals surface area contributed by atoms with Gasteiger partial charge in [0.15, 0.2) is 5.52 Å². The molecule has 138 valence electrons. The number of pyridine rings is 2. The van der Waals surface area contributed by atoms with Crippen molar-refractivity contribution in [3.63, 3.8) is 0 Å². The van der Waals surface area contributed by atoms with Gasteiger partial charge in [-0.25, -0.2) is 9.97 Å². The molecule has 3 aromatic heterocycles. The number of aryl methyl sites for hydroxylation is 1. The molecule has 3 heterocycles. The number of imidazole rings is 1. The molecule has 0 N–H and O–H groups in total. The lowest BCUT2D eigenvalue weighted by molar-refractivity contribution is -0.141. The number of alkyl halides is 3. The lowest BCUT2D eigenvalue weighted by Crippen LogP contribution is -2.22. The molecule has 0 spiro atoms. The number of hydrogen-bond donors (Lipinski definition) is 0. The monoisotopic (exact) mass is 412 g/mol. The van der Waals surface area contributed by atoms with Crippen molar-refractivity contribution in [2.45, 2.75) is 6.18 Å². The predicted octanol–water partition coefficient (Wildman–Crippen LogP) is 4.60. The Hall–Kier alpha value is -2.58. The van der Waals surface area contributed by atoms with Crippen LogP contribution in [0.15, 0.2) is 41.5 Å². The second-order valence-electron chi connectivity index (χ2n) is 5.83. The number of aromatic nitrogens is 4. The minimum atomic E-state index is -4.67. The van der Waals surface area contributed by atoms with E-state index in [1.807, 2.05) is 0 Å². The molecular formula is C17H9Cl2F3N4O. The lowest BCUT2D eigenvalue weighted by atomic mass is 10.2. The number of rotatable bonds is 1. The molecule has 0 fully saturated rings. The highest BCUT2D eigenvalue weighted by atomic mass is 35.5. The molecule has 27 heavy (non-hydrogen) atoms. The van der Waals surface area contributed by atoms with Crippen LogP contribution in [0.5, 0.6) is 0 Å². The summed E-state index contributed by atoms with van der Waals surface area (Å²) in [4.78, 5) is 20.8. The summed E-state index contributed by atoms with van der Waals surface area (Å²) in [7, 11) is 1.64. The Balaban J connectivity index is 2.26. The van der Waals surface area contributed by atoms with Gasteiger partial charge in [0.1, 0.15) is 11.3 Å². The molecule has 0 aliphatic heterocycles. The second kappa shape index (κ2) is 5.97. The Morgan fingerprint density at radius 1 is 1.11 bits per heavy atom. The molecule has 10 heteroatoms. The largest absolute Gasteiger partial charge is 0.433 e. The molecule has 0 saturated heterocycles. The molecule has 0 amide bonds. The molecule has 4 aromatic rings. The van der Waals surface area contributed by atoms with Gasteiger partial charge in [0.05, 0.1) is 27.6 Å². The van der Waals surface area contributed by atoms with Gasteiger partial charge in [0.25, 0.3) is 5.56 Å². The van der Waals surface area contributed by atoms with Crippen LogP contribution in [0.25, 0.3) is 27.8 Å². The van der Waals surface area contributed by atoms with Crippen molar-refractivity contribution < 1.29 is 13.2 Å². The zero-order valence-corrected chi connectivity index (χ0v) is 15.1. The summed E-state index contributed by atoms with van der Waals surface area (Å²) in [5, 5.41) is 0.507. The highest BCUT2D eigenvalue weighted by Gasteiger charge is 2.33. The van der Waals surface area contributed by atoms with Crippen LogP contribution in [0.4, 0.5) is 13.2 Å². The molecule has 0 radical (unpaired) electrons. The topological polar surface area (TPSA) is 52.7 Å². The summed E-state index contributed by atoms with van der Waals surface area (Å²) >= 11 is 12.2. The number of hydrogen-bond acceptors (Lipinski definition) is 3. The first kappa shape index (κ1) is 17.8. The van der Waals surface area contributed by atoms with E-state index in [9.17, 15) is 18.0 Å². The van der Waals surface area contributed by atoms with Crippen LogP contribution in [0.1, 0.15) is 5.69 Å². The summed E-state index contributed by atoms with van der Waals surface area (Å²) in [6.07, 6.45) is -3.26. The Kier molecular flexibility index (Phi) is 3.94. The van der Waals surface area contributed by atoms with Crippen molar-refractivity contribution in [1.82, 2.24) is 19.1 Å². The standard InChI is InChI=1S/C17H9Cl2F3N4O/c1-25-7-23-13-14(25)8-5-6-11(17(20,21)22)24-15(8)26(16(13)27)10-4-2-3-9(18)12(10)19/h2-7H,1H3. The van der Waals surface area contributed by atoms with Gasteiger partial charge in [-0.15, -0.1) is 0 Å². The maximum Gasteiger partial charge on any atom is 0.433 e. The van der Waals surface area contributed by atoms with Gasteiger partial charge in [0.2, 0.25) is 0 Å². The average molecular weight is 413 g/mol. The number of fused-ring (bicyclic) bond motifs is 3. The van der Waals surface area contributed by atoms with Crippen LogP contribution in [-0.2, 0) is 13.2 Å². The first-order valence-corrected chi connectivity index (χ1v) is 8.34. The SMILES string of the molecule is Cn1cnc2c(=O)n(-c3cccc(Cl)c3Cl)c3nc(C(F)(F)F)ccc3c21.